The van der Waals surface area contributed by atoms with Crippen LogP contribution in [0.3, 0.4) is 0 Å². The lowest BCUT2D eigenvalue weighted by Crippen LogP contribution is -2.47. The molecular weight excluding hydrogens is 423 g/mol. The van der Waals surface area contributed by atoms with Gasteiger partial charge in [-0.15, -0.1) is 11.8 Å². The molecule has 0 saturated heterocycles. The molecular formula is C20H24F3NO3S2. The molecule has 0 bridgehead atoms. The number of rotatable bonds is 8. The molecule has 2 rings (SSSR count). The van der Waals surface area contributed by atoms with E-state index in [-0.39, 0.29) is 4.90 Å². The highest BCUT2D eigenvalue weighted by molar-refractivity contribution is 7.99. The smallest absolute Gasteiger partial charge is 0.405 e. The number of sulfonamides is 1. The molecule has 9 heteroatoms. The van der Waals surface area contributed by atoms with Crippen molar-refractivity contribution in [3.05, 3.63) is 53.1 Å². The molecule has 1 N–H and O–H groups in total. The number of thioether (sulfide) groups is 1. The fourth-order valence-electron chi connectivity index (χ4n) is 3.03. The summed E-state index contributed by atoms with van der Waals surface area (Å²) in [5.74, 6) is 0.0509. The number of hydrogen-bond acceptors (Lipinski definition) is 4. The molecule has 0 aromatic heterocycles. The average molecular weight is 448 g/mol. The van der Waals surface area contributed by atoms with E-state index in [1.807, 2.05) is 11.6 Å². The molecule has 0 radical (unpaired) electrons. The molecule has 4 nitrogen and oxygen atoms in total. The van der Waals surface area contributed by atoms with Gasteiger partial charge in [0, 0.05) is 10.6 Å². The summed E-state index contributed by atoms with van der Waals surface area (Å²) in [7, 11) is -4.35. The third-order valence-corrected chi connectivity index (χ3v) is 6.96. The largest absolute Gasteiger partial charge is 0.494 e. The Morgan fingerprint density at radius 3 is 2.28 bits per heavy atom. The van der Waals surface area contributed by atoms with Crippen LogP contribution in [-0.4, -0.2) is 33.0 Å². The van der Waals surface area contributed by atoms with E-state index in [1.54, 1.807) is 57.2 Å². The summed E-state index contributed by atoms with van der Waals surface area (Å²) in [5, 5.41) is 0. The van der Waals surface area contributed by atoms with E-state index < -0.39 is 28.0 Å². The van der Waals surface area contributed by atoms with Gasteiger partial charge in [0.1, 0.15) is 11.8 Å². The van der Waals surface area contributed by atoms with Crippen LogP contribution in [0.15, 0.2) is 46.2 Å². The van der Waals surface area contributed by atoms with Gasteiger partial charge < -0.3 is 4.74 Å². The van der Waals surface area contributed by atoms with Crippen molar-refractivity contribution in [1.82, 2.24) is 4.72 Å². The summed E-state index contributed by atoms with van der Waals surface area (Å²) in [6.07, 6.45) is -4.73. The van der Waals surface area contributed by atoms with Crippen LogP contribution in [0.1, 0.15) is 23.6 Å². The van der Waals surface area contributed by atoms with Crippen LogP contribution in [0.2, 0.25) is 0 Å². The second-order valence-electron chi connectivity index (χ2n) is 6.66. The quantitative estimate of drug-likeness (QED) is 0.578. The molecule has 29 heavy (non-hydrogen) atoms. The van der Waals surface area contributed by atoms with Crippen LogP contribution >= 0.6 is 11.8 Å². The molecule has 2 aromatic carbocycles. The number of aryl methyl sites for hydroxylation is 3. The summed E-state index contributed by atoms with van der Waals surface area (Å²) in [6.45, 7) is 7.20. The van der Waals surface area contributed by atoms with Crippen LogP contribution in [0, 0.1) is 20.8 Å². The van der Waals surface area contributed by atoms with Gasteiger partial charge in [-0.05, 0) is 57.0 Å². The van der Waals surface area contributed by atoms with Crippen LogP contribution in [-0.2, 0) is 10.0 Å². The average Bonchev–Trinajstić information content (AvgIpc) is 2.57. The second kappa shape index (κ2) is 9.40. The zero-order valence-electron chi connectivity index (χ0n) is 16.6. The summed E-state index contributed by atoms with van der Waals surface area (Å²) in [6, 6.07) is 7.72. The van der Waals surface area contributed by atoms with Crippen molar-refractivity contribution in [3.8, 4) is 5.75 Å². The molecule has 0 heterocycles. The van der Waals surface area contributed by atoms with Crippen LogP contribution in [0.4, 0.5) is 13.2 Å². The van der Waals surface area contributed by atoms with Gasteiger partial charge in [-0.3, -0.25) is 0 Å². The van der Waals surface area contributed by atoms with Crippen LogP contribution in [0.5, 0.6) is 5.75 Å². The van der Waals surface area contributed by atoms with Gasteiger partial charge >= 0.3 is 6.18 Å². The van der Waals surface area contributed by atoms with Gasteiger partial charge in [0.2, 0.25) is 10.0 Å². The SMILES string of the molecule is CCOc1cccc(SCC(NS(=O)(=O)c2c(C)cc(C)cc2C)C(F)(F)F)c1. The van der Waals surface area contributed by atoms with Crippen LogP contribution in [0.25, 0.3) is 0 Å². The lowest BCUT2D eigenvalue weighted by atomic mass is 10.1. The normalized spacial score (nSPS) is 13.3. The zero-order chi connectivity index (χ0) is 21.8. The molecule has 160 valence electrons. The molecule has 0 aliphatic heterocycles. The Balaban J connectivity index is 2.24. The van der Waals surface area contributed by atoms with Crippen molar-refractivity contribution < 1.29 is 26.3 Å². The zero-order valence-corrected chi connectivity index (χ0v) is 18.3. The Hall–Kier alpha value is -1.71. The number of alkyl halides is 3. The summed E-state index contributed by atoms with van der Waals surface area (Å²) in [4.78, 5) is 0.452. The second-order valence-corrected chi connectivity index (χ2v) is 9.41. The van der Waals surface area contributed by atoms with Gasteiger partial charge in [0.15, 0.2) is 0 Å². The maximum atomic E-state index is 13.6. The molecule has 0 fully saturated rings. The van der Waals surface area contributed by atoms with E-state index >= 15 is 0 Å². The predicted octanol–water partition coefficient (Wildman–Crippen LogP) is 5.01. The number of hydrogen-bond donors (Lipinski definition) is 1. The third-order valence-electron chi connectivity index (χ3n) is 4.10. The lowest BCUT2D eigenvalue weighted by molar-refractivity contribution is -0.145. The number of nitrogens with one attached hydrogen (secondary N) is 1. The molecule has 1 unspecified atom stereocenters. The minimum atomic E-state index is -4.73. The molecule has 0 aliphatic carbocycles. The first kappa shape index (κ1) is 23.6. The third kappa shape index (κ3) is 6.38. The minimum absolute atomic E-state index is 0.110. The number of benzene rings is 2. The molecule has 0 aliphatic rings. The lowest BCUT2D eigenvalue weighted by Gasteiger charge is -2.22. The summed E-state index contributed by atoms with van der Waals surface area (Å²) >= 11 is 0.915. The van der Waals surface area contributed by atoms with Gasteiger partial charge in [0.25, 0.3) is 0 Å². The van der Waals surface area contributed by atoms with Crippen molar-refractivity contribution in [1.29, 1.82) is 0 Å². The van der Waals surface area contributed by atoms with Crippen molar-refractivity contribution in [2.24, 2.45) is 0 Å². The Kier molecular flexibility index (Phi) is 7.64. The fourth-order valence-corrected chi connectivity index (χ4v) is 5.82. The highest BCUT2D eigenvalue weighted by atomic mass is 32.2. The fraction of sp³-hybridized carbons (Fsp3) is 0.400. The summed E-state index contributed by atoms with van der Waals surface area (Å²) in [5.41, 5.74) is 1.66. The first-order valence-electron chi connectivity index (χ1n) is 8.96. The first-order chi connectivity index (χ1) is 13.4. The number of halogens is 3. The van der Waals surface area contributed by atoms with E-state index in [9.17, 15) is 21.6 Å². The topological polar surface area (TPSA) is 55.4 Å². The Labute approximate surface area is 173 Å². The van der Waals surface area contributed by atoms with E-state index in [0.29, 0.717) is 28.4 Å². The summed E-state index contributed by atoms with van der Waals surface area (Å²) < 4.78 is 73.4. The predicted molar refractivity (Wildman–Crippen MR) is 109 cm³/mol. The molecule has 0 amide bonds. The minimum Gasteiger partial charge on any atom is -0.494 e. The standard InChI is InChI=1S/C20H24F3NO3S2/c1-5-27-16-7-6-8-17(11-16)28-12-18(20(21,22)23)24-29(25,26)19-14(3)9-13(2)10-15(19)4/h6-11,18,24H,5,12H2,1-4H3. The van der Waals surface area contributed by atoms with Crippen LogP contribution < -0.4 is 9.46 Å². The Morgan fingerprint density at radius 2 is 1.72 bits per heavy atom. The van der Waals surface area contributed by atoms with Crippen molar-refractivity contribution in [2.45, 2.75) is 49.7 Å². The van der Waals surface area contributed by atoms with Crippen molar-refractivity contribution >= 4 is 21.8 Å². The van der Waals surface area contributed by atoms with E-state index in [0.717, 1.165) is 17.3 Å². The van der Waals surface area contributed by atoms with Gasteiger partial charge in [-0.1, -0.05) is 23.8 Å². The molecule has 0 spiro atoms. The highest BCUT2D eigenvalue weighted by Crippen LogP contribution is 2.30. The maximum Gasteiger partial charge on any atom is 0.405 e. The van der Waals surface area contributed by atoms with Gasteiger partial charge in [-0.2, -0.15) is 17.9 Å². The molecule has 2 aromatic rings. The van der Waals surface area contributed by atoms with E-state index in [4.69, 9.17) is 4.74 Å². The first-order valence-corrected chi connectivity index (χ1v) is 11.4. The monoisotopic (exact) mass is 447 g/mol. The highest BCUT2D eigenvalue weighted by Gasteiger charge is 2.42. The molecule has 1 atom stereocenters. The Morgan fingerprint density at radius 1 is 1.10 bits per heavy atom. The van der Waals surface area contributed by atoms with E-state index in [2.05, 4.69) is 0 Å². The van der Waals surface area contributed by atoms with Gasteiger partial charge in [-0.25, -0.2) is 8.42 Å². The molecule has 0 saturated carbocycles. The number of ether oxygens (including phenoxy) is 1. The van der Waals surface area contributed by atoms with Gasteiger partial charge in [0.05, 0.1) is 11.5 Å². The maximum absolute atomic E-state index is 13.6. The van der Waals surface area contributed by atoms with Crippen molar-refractivity contribution in [2.75, 3.05) is 12.4 Å². The van der Waals surface area contributed by atoms with Crippen molar-refractivity contribution in [3.63, 3.8) is 0 Å². The van der Waals surface area contributed by atoms with E-state index in [1.165, 1.54) is 0 Å². The Bertz CT molecular complexity index is 937.